The average Bonchev–Trinajstić information content (AvgIpc) is 2.48. The Morgan fingerprint density at radius 2 is 1.95 bits per heavy atom. The number of nitrogens with two attached hydrogens (primary N) is 1. The molecule has 0 bridgehead atoms. The molecule has 2 aromatic carbocycles. The van der Waals surface area contributed by atoms with Gasteiger partial charge in [0.05, 0.1) is 0 Å². The molecule has 0 radical (unpaired) electrons. The predicted molar refractivity (Wildman–Crippen MR) is 72.6 cm³/mol. The number of rotatable bonds is 4. The van der Waals surface area contributed by atoms with Gasteiger partial charge in [0.1, 0.15) is 0 Å². The van der Waals surface area contributed by atoms with Crippen molar-refractivity contribution in [3.63, 3.8) is 0 Å². The van der Waals surface area contributed by atoms with Gasteiger partial charge in [-0.3, -0.25) is 0 Å². The molecule has 4 nitrogen and oxygen atoms in total. The fourth-order valence-corrected chi connectivity index (χ4v) is 1.71. The lowest BCUT2D eigenvalue weighted by molar-refractivity contribution is 0.318. The molecule has 0 fully saturated rings. The number of halogens is 2. The van der Waals surface area contributed by atoms with E-state index in [0.717, 1.165) is 17.7 Å². The molecule has 2 rings (SSSR count). The van der Waals surface area contributed by atoms with E-state index < -0.39 is 11.6 Å². The van der Waals surface area contributed by atoms with E-state index in [1.165, 1.54) is 6.07 Å². The number of oxime groups is 1. The van der Waals surface area contributed by atoms with Crippen molar-refractivity contribution in [3.05, 3.63) is 65.2 Å². The van der Waals surface area contributed by atoms with E-state index in [2.05, 4.69) is 10.5 Å². The quantitative estimate of drug-likeness (QED) is 0.348. The van der Waals surface area contributed by atoms with Crippen LogP contribution in [0.3, 0.4) is 0 Å². The highest BCUT2D eigenvalue weighted by molar-refractivity contribution is 5.97. The summed E-state index contributed by atoms with van der Waals surface area (Å²) >= 11 is 0. The van der Waals surface area contributed by atoms with Crippen molar-refractivity contribution in [1.82, 2.24) is 0 Å². The van der Waals surface area contributed by atoms with E-state index in [4.69, 9.17) is 10.9 Å². The lowest BCUT2D eigenvalue weighted by atomic mass is 10.1. The first-order valence-electron chi connectivity index (χ1n) is 5.86. The van der Waals surface area contributed by atoms with E-state index in [0.29, 0.717) is 17.8 Å². The minimum Gasteiger partial charge on any atom is -0.409 e. The highest BCUT2D eigenvalue weighted by Gasteiger charge is 2.03. The SMILES string of the molecule is NC(=NO)c1cccc(CNc2ccc(F)c(F)c2)c1. The molecule has 0 heterocycles. The molecule has 0 aliphatic rings. The molecule has 0 amide bonds. The first-order chi connectivity index (χ1) is 9.60. The number of hydrogen-bond acceptors (Lipinski definition) is 3. The van der Waals surface area contributed by atoms with Gasteiger partial charge in [-0.2, -0.15) is 0 Å². The monoisotopic (exact) mass is 277 g/mol. The van der Waals surface area contributed by atoms with Crippen LogP contribution in [-0.4, -0.2) is 11.0 Å². The van der Waals surface area contributed by atoms with Crippen LogP contribution >= 0.6 is 0 Å². The second-order valence-corrected chi connectivity index (χ2v) is 4.17. The largest absolute Gasteiger partial charge is 0.409 e. The van der Waals surface area contributed by atoms with Gasteiger partial charge in [-0.25, -0.2) is 8.78 Å². The van der Waals surface area contributed by atoms with Crippen molar-refractivity contribution in [1.29, 1.82) is 0 Å². The molecule has 104 valence electrons. The van der Waals surface area contributed by atoms with Crippen LogP contribution in [-0.2, 0) is 6.54 Å². The summed E-state index contributed by atoms with van der Waals surface area (Å²) in [7, 11) is 0. The smallest absolute Gasteiger partial charge is 0.170 e. The molecule has 0 saturated heterocycles. The molecule has 6 heteroatoms. The molecule has 0 saturated carbocycles. The molecule has 0 unspecified atom stereocenters. The average molecular weight is 277 g/mol. The third-order valence-electron chi connectivity index (χ3n) is 2.75. The summed E-state index contributed by atoms with van der Waals surface area (Å²) in [6.45, 7) is 0.400. The Morgan fingerprint density at radius 1 is 1.15 bits per heavy atom. The van der Waals surface area contributed by atoms with Gasteiger partial charge in [0, 0.05) is 23.9 Å². The van der Waals surface area contributed by atoms with Gasteiger partial charge in [-0.15, -0.1) is 0 Å². The van der Waals surface area contributed by atoms with Crippen LogP contribution in [0.1, 0.15) is 11.1 Å². The standard InChI is InChI=1S/C14H13F2N3O/c15-12-5-4-11(7-13(12)16)18-8-9-2-1-3-10(6-9)14(17)19-20/h1-7,18,20H,8H2,(H2,17,19). The summed E-state index contributed by atoms with van der Waals surface area (Å²) < 4.78 is 25.8. The zero-order chi connectivity index (χ0) is 14.5. The molecule has 0 aromatic heterocycles. The van der Waals surface area contributed by atoms with Gasteiger partial charge in [-0.05, 0) is 23.8 Å². The molecular weight excluding hydrogens is 264 g/mol. The van der Waals surface area contributed by atoms with Crippen LogP contribution in [0.25, 0.3) is 0 Å². The Labute approximate surface area is 114 Å². The second kappa shape index (κ2) is 6.01. The van der Waals surface area contributed by atoms with Crippen molar-refractivity contribution in [2.45, 2.75) is 6.54 Å². The number of amidine groups is 1. The summed E-state index contributed by atoms with van der Waals surface area (Å²) in [4.78, 5) is 0. The van der Waals surface area contributed by atoms with Crippen LogP contribution in [0.5, 0.6) is 0 Å². The summed E-state index contributed by atoms with van der Waals surface area (Å²) in [5.41, 5.74) is 7.41. The van der Waals surface area contributed by atoms with Gasteiger partial charge in [0.15, 0.2) is 17.5 Å². The number of benzene rings is 2. The zero-order valence-corrected chi connectivity index (χ0v) is 10.5. The predicted octanol–water partition coefficient (Wildman–Crippen LogP) is 2.67. The fourth-order valence-electron chi connectivity index (χ4n) is 1.71. The normalized spacial score (nSPS) is 11.4. The van der Waals surface area contributed by atoms with Gasteiger partial charge < -0.3 is 16.3 Å². The van der Waals surface area contributed by atoms with Gasteiger partial charge in [0.2, 0.25) is 0 Å². The maximum absolute atomic E-state index is 13.0. The van der Waals surface area contributed by atoms with Crippen molar-refractivity contribution in [3.8, 4) is 0 Å². The minimum atomic E-state index is -0.902. The van der Waals surface area contributed by atoms with E-state index in [1.54, 1.807) is 18.2 Å². The lowest BCUT2D eigenvalue weighted by Crippen LogP contribution is -2.13. The molecule has 2 aromatic rings. The number of anilines is 1. The van der Waals surface area contributed by atoms with E-state index in [9.17, 15) is 8.78 Å². The van der Waals surface area contributed by atoms with Crippen molar-refractivity contribution in [2.24, 2.45) is 10.9 Å². The number of hydrogen-bond donors (Lipinski definition) is 3. The van der Waals surface area contributed by atoms with Crippen molar-refractivity contribution >= 4 is 11.5 Å². The van der Waals surface area contributed by atoms with E-state index in [1.807, 2.05) is 6.07 Å². The van der Waals surface area contributed by atoms with E-state index >= 15 is 0 Å². The minimum absolute atomic E-state index is 0.0136. The Balaban J connectivity index is 2.09. The molecule has 20 heavy (non-hydrogen) atoms. The Morgan fingerprint density at radius 3 is 2.65 bits per heavy atom. The summed E-state index contributed by atoms with van der Waals surface area (Å²) in [5, 5.41) is 14.5. The molecule has 0 atom stereocenters. The molecular formula is C14H13F2N3O. The number of nitrogens with one attached hydrogen (secondary N) is 1. The van der Waals surface area contributed by atoms with Gasteiger partial charge >= 0.3 is 0 Å². The van der Waals surface area contributed by atoms with Crippen LogP contribution < -0.4 is 11.1 Å². The Hall–Kier alpha value is -2.63. The Bertz CT molecular complexity index is 644. The van der Waals surface area contributed by atoms with Crippen LogP contribution in [0.15, 0.2) is 47.6 Å². The maximum atomic E-state index is 13.0. The van der Waals surface area contributed by atoms with Crippen LogP contribution in [0.2, 0.25) is 0 Å². The highest BCUT2D eigenvalue weighted by Crippen LogP contribution is 2.14. The third kappa shape index (κ3) is 3.23. The van der Waals surface area contributed by atoms with Crippen LogP contribution in [0.4, 0.5) is 14.5 Å². The van der Waals surface area contributed by atoms with Gasteiger partial charge in [-0.1, -0.05) is 23.4 Å². The van der Waals surface area contributed by atoms with Crippen LogP contribution in [0, 0.1) is 11.6 Å². The maximum Gasteiger partial charge on any atom is 0.170 e. The number of nitrogens with zero attached hydrogens (tertiary/aromatic N) is 1. The fraction of sp³-hybridized carbons (Fsp3) is 0.0714. The third-order valence-corrected chi connectivity index (χ3v) is 2.75. The Kier molecular flexibility index (Phi) is 4.14. The highest BCUT2D eigenvalue weighted by atomic mass is 19.2. The van der Waals surface area contributed by atoms with E-state index in [-0.39, 0.29) is 5.84 Å². The topological polar surface area (TPSA) is 70.6 Å². The molecule has 4 N–H and O–H groups in total. The van der Waals surface area contributed by atoms with Gasteiger partial charge in [0.25, 0.3) is 0 Å². The lowest BCUT2D eigenvalue weighted by Gasteiger charge is -2.08. The first-order valence-corrected chi connectivity index (χ1v) is 5.86. The summed E-state index contributed by atoms with van der Waals surface area (Å²) in [5.74, 6) is -1.77. The molecule has 0 spiro atoms. The second-order valence-electron chi connectivity index (χ2n) is 4.17. The zero-order valence-electron chi connectivity index (χ0n) is 10.5. The van der Waals surface area contributed by atoms with Crippen molar-refractivity contribution < 1.29 is 14.0 Å². The first kappa shape index (κ1) is 13.8. The summed E-state index contributed by atoms with van der Waals surface area (Å²) in [6.07, 6.45) is 0. The molecule has 0 aliphatic carbocycles. The van der Waals surface area contributed by atoms with Crippen molar-refractivity contribution in [2.75, 3.05) is 5.32 Å². The summed E-state index contributed by atoms with van der Waals surface area (Å²) in [6, 6.07) is 10.6. The molecule has 0 aliphatic heterocycles.